The van der Waals surface area contributed by atoms with E-state index in [1.807, 2.05) is 0 Å². The molecule has 0 aliphatic carbocycles. The van der Waals surface area contributed by atoms with E-state index in [1.165, 1.54) is 6.20 Å². The van der Waals surface area contributed by atoms with Gasteiger partial charge in [0.1, 0.15) is 14.8 Å². The summed E-state index contributed by atoms with van der Waals surface area (Å²) in [6.07, 6.45) is 1.26. The van der Waals surface area contributed by atoms with Gasteiger partial charge in [0.05, 0.1) is 9.98 Å². The van der Waals surface area contributed by atoms with Gasteiger partial charge < -0.3 is 5.11 Å². The van der Waals surface area contributed by atoms with E-state index in [1.54, 1.807) is 0 Å². The van der Waals surface area contributed by atoms with Crippen LogP contribution in [0.25, 0.3) is 0 Å². The Kier molecular flexibility index (Phi) is 3.66. The molecular formula is C7H4BrN3O4S3. The van der Waals surface area contributed by atoms with Crippen molar-refractivity contribution >= 4 is 59.8 Å². The van der Waals surface area contributed by atoms with E-state index in [2.05, 4.69) is 30.2 Å². The maximum atomic E-state index is 12.0. The fourth-order valence-electron chi connectivity index (χ4n) is 1.04. The average molecular weight is 370 g/mol. The van der Waals surface area contributed by atoms with Crippen LogP contribution in [0.4, 0.5) is 5.00 Å². The zero-order valence-corrected chi connectivity index (χ0v) is 12.4. The van der Waals surface area contributed by atoms with Crippen LogP contribution < -0.4 is 4.72 Å². The highest BCUT2D eigenvalue weighted by atomic mass is 79.9. The third-order valence-electron chi connectivity index (χ3n) is 1.75. The largest absolute Gasteiger partial charge is 0.477 e. The topological polar surface area (TPSA) is 109 Å². The molecule has 0 aromatic carbocycles. The maximum absolute atomic E-state index is 12.0. The van der Waals surface area contributed by atoms with Crippen molar-refractivity contribution < 1.29 is 18.3 Å². The van der Waals surface area contributed by atoms with Gasteiger partial charge in [0, 0.05) is 11.5 Å². The standard InChI is InChI=1S/C7H4BrN3O4S3/c8-6-4(1-3(16-6)7(12)13)18(14,15)10-5-2-9-11-17-5/h1-2,10H,(H,12,13). The summed E-state index contributed by atoms with van der Waals surface area (Å²) in [6.45, 7) is 0. The number of hydrogen-bond donors (Lipinski definition) is 2. The first kappa shape index (κ1) is 13.4. The van der Waals surface area contributed by atoms with Crippen LogP contribution in [0.1, 0.15) is 9.67 Å². The Hall–Kier alpha value is -1.04. The Bertz CT molecular complexity index is 679. The molecule has 2 aromatic heterocycles. The lowest BCUT2D eigenvalue weighted by molar-refractivity contribution is 0.0702. The Labute approximate surface area is 118 Å². The second kappa shape index (κ2) is 4.91. The Morgan fingerprint density at radius 3 is 2.72 bits per heavy atom. The van der Waals surface area contributed by atoms with Gasteiger partial charge in [-0.3, -0.25) is 4.72 Å². The molecule has 11 heteroatoms. The van der Waals surface area contributed by atoms with Gasteiger partial charge in [0.2, 0.25) is 0 Å². The minimum atomic E-state index is -3.85. The quantitative estimate of drug-likeness (QED) is 0.850. The van der Waals surface area contributed by atoms with E-state index in [0.717, 1.165) is 28.9 Å². The molecule has 0 saturated carbocycles. The molecule has 2 heterocycles. The Morgan fingerprint density at radius 1 is 1.50 bits per heavy atom. The summed E-state index contributed by atoms with van der Waals surface area (Å²) in [5, 5.41) is 12.6. The summed E-state index contributed by atoms with van der Waals surface area (Å²) in [5.74, 6) is -1.18. The van der Waals surface area contributed by atoms with Crippen molar-refractivity contribution in [3.63, 3.8) is 0 Å². The van der Waals surface area contributed by atoms with Crippen LogP contribution in [0.5, 0.6) is 0 Å². The van der Waals surface area contributed by atoms with Crippen LogP contribution >= 0.6 is 38.8 Å². The summed E-state index contributed by atoms with van der Waals surface area (Å²) in [4.78, 5) is 10.6. The second-order valence-corrected chi connectivity index (χ2v) is 7.75. The molecule has 0 radical (unpaired) electrons. The van der Waals surface area contributed by atoms with Crippen LogP contribution in [0.15, 0.2) is 20.9 Å². The van der Waals surface area contributed by atoms with Crippen molar-refractivity contribution in [3.8, 4) is 0 Å². The van der Waals surface area contributed by atoms with Crippen LogP contribution in [0.2, 0.25) is 0 Å². The summed E-state index contributed by atoms with van der Waals surface area (Å²) in [7, 11) is -3.85. The van der Waals surface area contributed by atoms with E-state index < -0.39 is 16.0 Å². The van der Waals surface area contributed by atoms with Crippen LogP contribution in [-0.4, -0.2) is 29.1 Å². The van der Waals surface area contributed by atoms with E-state index in [0.29, 0.717) is 0 Å². The highest BCUT2D eigenvalue weighted by Crippen LogP contribution is 2.33. The molecule has 0 unspecified atom stereocenters. The number of halogens is 1. The Balaban J connectivity index is 2.38. The fourth-order valence-corrected chi connectivity index (χ4v) is 5.13. The average Bonchev–Trinajstić information content (AvgIpc) is 2.86. The first-order valence-electron chi connectivity index (χ1n) is 4.23. The van der Waals surface area contributed by atoms with Gasteiger partial charge in [-0.25, -0.2) is 13.2 Å². The molecule has 0 aliphatic rings. The minimum Gasteiger partial charge on any atom is -0.477 e. The van der Waals surface area contributed by atoms with Gasteiger partial charge >= 0.3 is 5.97 Å². The molecule has 0 bridgehead atoms. The fraction of sp³-hybridized carbons (Fsp3) is 0. The van der Waals surface area contributed by atoms with E-state index in [-0.39, 0.29) is 18.6 Å². The molecule has 0 fully saturated rings. The summed E-state index contributed by atoms with van der Waals surface area (Å²) in [5.41, 5.74) is 0. The summed E-state index contributed by atoms with van der Waals surface area (Å²) in [6, 6.07) is 1.09. The summed E-state index contributed by atoms with van der Waals surface area (Å²) >= 11 is 4.75. The molecule has 0 atom stereocenters. The normalized spacial score (nSPS) is 11.4. The molecule has 0 spiro atoms. The van der Waals surface area contributed by atoms with Crippen LogP contribution in [-0.2, 0) is 10.0 Å². The number of aromatic nitrogens is 2. The van der Waals surface area contributed by atoms with Gasteiger partial charge in [0.25, 0.3) is 10.0 Å². The molecule has 2 rings (SSSR count). The number of aromatic carboxylic acids is 1. The second-order valence-electron chi connectivity index (χ2n) is 2.94. The number of nitrogens with one attached hydrogen (secondary N) is 1. The number of sulfonamides is 1. The smallest absolute Gasteiger partial charge is 0.345 e. The third kappa shape index (κ3) is 2.68. The molecule has 96 valence electrons. The third-order valence-corrected chi connectivity index (χ3v) is 6.07. The van der Waals surface area contributed by atoms with E-state index in [9.17, 15) is 13.2 Å². The summed E-state index contributed by atoms with van der Waals surface area (Å²) < 4.78 is 30.0. The molecule has 2 aromatic rings. The molecule has 0 aliphatic heterocycles. The monoisotopic (exact) mass is 369 g/mol. The zero-order chi connectivity index (χ0) is 13.3. The lowest BCUT2D eigenvalue weighted by Gasteiger charge is -2.02. The highest BCUT2D eigenvalue weighted by Gasteiger charge is 2.23. The molecule has 0 saturated heterocycles. The molecule has 7 nitrogen and oxygen atoms in total. The van der Waals surface area contributed by atoms with Gasteiger partial charge in [-0.1, -0.05) is 4.49 Å². The van der Waals surface area contributed by atoms with Crippen molar-refractivity contribution in [2.45, 2.75) is 4.90 Å². The van der Waals surface area contributed by atoms with Gasteiger partial charge in [-0.2, -0.15) is 0 Å². The number of carboxylic acids is 1. The maximum Gasteiger partial charge on any atom is 0.345 e. The number of carbonyl (C=O) groups is 1. The van der Waals surface area contributed by atoms with E-state index in [4.69, 9.17) is 5.11 Å². The van der Waals surface area contributed by atoms with Gasteiger partial charge in [-0.05, 0) is 22.0 Å². The lowest BCUT2D eigenvalue weighted by Crippen LogP contribution is -2.11. The first-order chi connectivity index (χ1) is 8.40. The van der Waals surface area contributed by atoms with Crippen molar-refractivity contribution in [1.82, 2.24) is 9.59 Å². The van der Waals surface area contributed by atoms with Crippen molar-refractivity contribution in [2.24, 2.45) is 0 Å². The van der Waals surface area contributed by atoms with Crippen LogP contribution in [0, 0.1) is 0 Å². The number of carboxylic acid groups (broad SMARTS) is 1. The molecular weight excluding hydrogens is 366 g/mol. The lowest BCUT2D eigenvalue weighted by atomic mass is 10.5. The van der Waals surface area contributed by atoms with Crippen LogP contribution in [0.3, 0.4) is 0 Å². The number of anilines is 1. The van der Waals surface area contributed by atoms with Crippen molar-refractivity contribution in [2.75, 3.05) is 4.72 Å². The van der Waals surface area contributed by atoms with Gasteiger partial charge in [-0.15, -0.1) is 16.4 Å². The van der Waals surface area contributed by atoms with Crippen molar-refractivity contribution in [1.29, 1.82) is 0 Å². The SMILES string of the molecule is O=C(O)c1cc(S(=O)(=O)Nc2cnns2)c(Br)s1. The van der Waals surface area contributed by atoms with E-state index >= 15 is 0 Å². The van der Waals surface area contributed by atoms with Gasteiger partial charge in [0.15, 0.2) is 0 Å². The highest BCUT2D eigenvalue weighted by molar-refractivity contribution is 9.11. The zero-order valence-electron chi connectivity index (χ0n) is 8.32. The number of rotatable bonds is 4. The number of nitrogens with zero attached hydrogens (tertiary/aromatic N) is 2. The Morgan fingerprint density at radius 2 is 2.22 bits per heavy atom. The van der Waals surface area contributed by atoms with Crippen molar-refractivity contribution in [3.05, 3.63) is 20.9 Å². The first-order valence-corrected chi connectivity index (χ1v) is 8.09. The minimum absolute atomic E-state index is 0.0651. The molecule has 18 heavy (non-hydrogen) atoms. The number of hydrogen-bond acceptors (Lipinski definition) is 7. The predicted molar refractivity (Wildman–Crippen MR) is 69.7 cm³/mol. The molecule has 2 N–H and O–H groups in total. The predicted octanol–water partition coefficient (Wildman–Crippen LogP) is 1.86. The molecule has 0 amide bonds. The number of thiophene rings is 1.